The topological polar surface area (TPSA) is 199 Å². The summed E-state index contributed by atoms with van der Waals surface area (Å²) in [6, 6.07) is 0. The van der Waals surface area contributed by atoms with Crippen molar-refractivity contribution in [1.82, 2.24) is 5.32 Å². The molecule has 0 aromatic heterocycles. The molecule has 0 aliphatic rings. The monoisotopic (exact) mass is 397 g/mol. The number of carbonyl (C=O) groups is 5. The maximum absolute atomic E-state index is 9.00. The molecule has 0 unspecified atom stereocenters. The fraction of sp³-hybridized carbons (Fsp3) is 0.643. The Morgan fingerprint density at radius 1 is 0.577 bits per heavy atom. The van der Waals surface area contributed by atoms with Crippen LogP contribution in [0.4, 0.5) is 0 Å². The summed E-state index contributed by atoms with van der Waals surface area (Å²) < 4.78 is 0. The van der Waals surface area contributed by atoms with E-state index in [1.54, 1.807) is 0 Å². The summed E-state index contributed by atoms with van der Waals surface area (Å²) in [6.07, 6.45) is 0. The minimum absolute atomic E-state index is 0. The number of hydrogen-bond acceptors (Lipinski definition) is 6. The fourth-order valence-corrected chi connectivity index (χ4v) is 0.250. The molecule has 12 heteroatoms. The predicted octanol–water partition coefficient (Wildman–Crippen LogP) is -1.81. The molecule has 0 rings (SSSR count). The zero-order chi connectivity index (χ0) is 22.0. The molecule has 0 atom stereocenters. The maximum atomic E-state index is 9.00. The Kier molecular flexibility index (Phi) is 73.9. The third-order valence-electron chi connectivity index (χ3n) is 0.500. The Balaban J connectivity index is -0.0000000264. The Labute approximate surface area is 177 Å². The van der Waals surface area contributed by atoms with Crippen LogP contribution in [-0.2, 0) is 24.0 Å². The molecule has 0 radical (unpaired) electrons. The number of carboxylic acid groups (broad SMARTS) is 5. The number of aliphatic carboxylic acids is 5. The molecule has 0 aliphatic carbocycles. The molecule has 154 valence electrons. The van der Waals surface area contributed by atoms with Crippen molar-refractivity contribution in [3.8, 4) is 0 Å². The number of rotatable bonds is 2. The van der Waals surface area contributed by atoms with Gasteiger partial charge in [-0.05, 0) is 13.1 Å². The molecule has 26 heavy (non-hydrogen) atoms. The maximum Gasteiger partial charge on any atom is 1.00 e. The van der Waals surface area contributed by atoms with E-state index in [4.69, 9.17) is 49.5 Å². The van der Waals surface area contributed by atoms with Gasteiger partial charge >= 0.3 is 29.6 Å². The largest absolute Gasteiger partial charge is 1.00 e. The van der Waals surface area contributed by atoms with Crippen LogP contribution in [0, 0.1) is 0 Å². The second-order valence-corrected chi connectivity index (χ2v) is 3.55. The van der Waals surface area contributed by atoms with Crippen LogP contribution >= 0.6 is 0 Å². The van der Waals surface area contributed by atoms with Crippen LogP contribution in [0.5, 0.6) is 0 Å². The molecule has 0 saturated heterocycles. The minimum atomic E-state index is -0.833. The summed E-state index contributed by atoms with van der Waals surface area (Å²) in [6.45, 7) is 11.8. The molecule has 6 N–H and O–H groups in total. The van der Waals surface area contributed by atoms with E-state index >= 15 is 0 Å². The molecule has 0 spiro atoms. The molecule has 0 amide bonds. The van der Waals surface area contributed by atoms with Crippen molar-refractivity contribution in [1.29, 1.82) is 0 Å². The predicted molar refractivity (Wildman–Crippen MR) is 91.9 cm³/mol. The average Bonchev–Trinajstić information content (AvgIpc) is 2.25. The molecule has 0 bridgehead atoms. The second kappa shape index (κ2) is 43.6. The van der Waals surface area contributed by atoms with Crippen molar-refractivity contribution in [2.45, 2.75) is 48.5 Å². The molecule has 11 nitrogen and oxygen atoms in total. The molecule has 0 aromatic carbocycles. The smallest absolute Gasteiger partial charge is 1.00 e. The first-order valence-corrected chi connectivity index (χ1v) is 6.76. The van der Waals surface area contributed by atoms with Gasteiger partial charge in [-0.15, -0.1) is 0 Å². The third kappa shape index (κ3) is 105000. The molecule has 0 aliphatic heterocycles. The van der Waals surface area contributed by atoms with E-state index in [-0.39, 0.29) is 31.0 Å². The van der Waals surface area contributed by atoms with Crippen molar-refractivity contribution in [2.24, 2.45) is 0 Å². The van der Waals surface area contributed by atoms with E-state index in [9.17, 15) is 0 Å². The average molecular weight is 397 g/mol. The van der Waals surface area contributed by atoms with Crippen LogP contribution < -0.4 is 34.9 Å². The van der Waals surface area contributed by atoms with E-state index < -0.39 is 29.8 Å². The third-order valence-corrected chi connectivity index (χ3v) is 0.500. The van der Waals surface area contributed by atoms with E-state index in [1.807, 2.05) is 0 Å². The van der Waals surface area contributed by atoms with Gasteiger partial charge in [-0.2, -0.15) is 0 Å². The van der Waals surface area contributed by atoms with Gasteiger partial charge in [0.05, 0.1) is 0 Å². The van der Waals surface area contributed by atoms with Crippen LogP contribution in [0.25, 0.3) is 0 Å². The van der Waals surface area contributed by atoms with Crippen molar-refractivity contribution < 1.29 is 80.5 Å². The van der Waals surface area contributed by atoms with Gasteiger partial charge in [-0.1, -0.05) is 13.8 Å². The quantitative estimate of drug-likeness (QED) is 0.287. The number of hydrogen-bond donors (Lipinski definition) is 6. The summed E-state index contributed by atoms with van der Waals surface area (Å²) in [7, 11) is 0. The Bertz CT molecular complexity index is 263. The Morgan fingerprint density at radius 3 is 0.654 bits per heavy atom. The first-order chi connectivity index (χ1) is 11.1. The number of nitrogens with one attached hydrogen (secondary N) is 1. The van der Waals surface area contributed by atoms with Crippen LogP contribution in [0.15, 0.2) is 0 Å². The summed E-state index contributed by atoms with van der Waals surface area (Å²) in [4.78, 5) is 45.0. The molecule has 0 fully saturated rings. The van der Waals surface area contributed by atoms with Gasteiger partial charge in [-0.3, -0.25) is 24.0 Å². The second-order valence-electron chi connectivity index (χ2n) is 3.55. The van der Waals surface area contributed by atoms with Crippen molar-refractivity contribution >= 4 is 29.8 Å². The zero-order valence-corrected chi connectivity index (χ0v) is 18.7. The van der Waals surface area contributed by atoms with E-state index in [0.717, 1.165) is 47.7 Å². The van der Waals surface area contributed by atoms with E-state index in [1.165, 1.54) is 0 Å². The van der Waals surface area contributed by atoms with Gasteiger partial charge in [0.25, 0.3) is 29.8 Å². The Morgan fingerprint density at radius 2 is 0.654 bits per heavy atom. The molecule has 0 aromatic rings. The van der Waals surface area contributed by atoms with Crippen LogP contribution in [0.3, 0.4) is 0 Å². The summed E-state index contributed by atoms with van der Waals surface area (Å²) in [5.74, 6) is -4.17. The fourth-order valence-electron chi connectivity index (χ4n) is 0.250. The van der Waals surface area contributed by atoms with Gasteiger partial charge in [0.1, 0.15) is 0 Å². The van der Waals surface area contributed by atoms with Crippen molar-refractivity contribution in [2.75, 3.05) is 13.1 Å². The van der Waals surface area contributed by atoms with Gasteiger partial charge in [0.15, 0.2) is 0 Å². The van der Waals surface area contributed by atoms with Gasteiger partial charge in [0, 0.05) is 34.6 Å². The van der Waals surface area contributed by atoms with Crippen molar-refractivity contribution in [3.05, 3.63) is 0 Å². The Hall–Kier alpha value is -1.69. The normalized spacial score (nSPS) is 6.42. The zero-order valence-electron chi connectivity index (χ0n) is 17.7. The van der Waals surface area contributed by atoms with Crippen LogP contribution in [0.2, 0.25) is 0 Å². The van der Waals surface area contributed by atoms with Crippen LogP contribution in [-0.4, -0.2) is 68.5 Å². The van der Waals surface area contributed by atoms with E-state index in [0.29, 0.717) is 0 Å². The first-order valence-electron chi connectivity index (χ1n) is 6.76. The molecule has 0 heterocycles. The van der Waals surface area contributed by atoms with Crippen LogP contribution in [0.1, 0.15) is 49.9 Å². The van der Waals surface area contributed by atoms with Gasteiger partial charge in [0.2, 0.25) is 0 Å². The first kappa shape index (κ1) is 44.1. The van der Waals surface area contributed by atoms with Gasteiger partial charge in [-0.25, -0.2) is 0 Å². The molecular formula is C14H32NNaO10. The molecular weight excluding hydrogens is 365 g/mol. The standard InChI is InChI=1S/C4H11N.5C2H4O2.Na.H/c1-3-5-4-2;5*1-2(3)4;;/h5H,3-4H2,1-2H3;5*1H3,(H,3,4);;/q;;;;;;+1;-1. The summed E-state index contributed by atoms with van der Waals surface area (Å²) in [5.41, 5.74) is 0. The minimum Gasteiger partial charge on any atom is -1.00 e. The molecule has 0 saturated carbocycles. The summed E-state index contributed by atoms with van der Waals surface area (Å²) >= 11 is 0. The number of carboxylic acids is 5. The SMILES string of the molecule is CC(=O)O.CC(=O)O.CC(=O)O.CC(=O)O.CC(=O)O.CCNCC.[H-].[Na+]. The van der Waals surface area contributed by atoms with Crippen molar-refractivity contribution in [3.63, 3.8) is 0 Å². The van der Waals surface area contributed by atoms with Gasteiger partial charge < -0.3 is 32.3 Å². The summed E-state index contributed by atoms with van der Waals surface area (Å²) in [5, 5.41) is 40.2. The van der Waals surface area contributed by atoms with E-state index in [2.05, 4.69) is 19.2 Å².